The summed E-state index contributed by atoms with van der Waals surface area (Å²) in [4.78, 5) is 3.96. The zero-order valence-corrected chi connectivity index (χ0v) is 9.33. The van der Waals surface area contributed by atoms with Crippen LogP contribution < -0.4 is 5.32 Å². The summed E-state index contributed by atoms with van der Waals surface area (Å²) in [6.45, 7) is 3.01. The Morgan fingerprint density at radius 2 is 2.53 bits per heavy atom. The highest BCUT2D eigenvalue weighted by atomic mass is 32.1. The molecule has 0 saturated heterocycles. The molecule has 1 atom stereocenters. The lowest BCUT2D eigenvalue weighted by Gasteiger charge is -2.10. The van der Waals surface area contributed by atoms with E-state index in [0.717, 1.165) is 18.8 Å². The van der Waals surface area contributed by atoms with Gasteiger partial charge in [0.15, 0.2) is 5.82 Å². The van der Waals surface area contributed by atoms with Gasteiger partial charge in [0.25, 0.3) is 0 Å². The molecular weight excluding hydrogens is 210 g/mol. The number of hydrogen-bond acceptors (Lipinski definition) is 5. The van der Waals surface area contributed by atoms with E-state index in [0.29, 0.717) is 6.04 Å². The van der Waals surface area contributed by atoms with E-state index in [1.54, 1.807) is 11.3 Å². The minimum Gasteiger partial charge on any atom is -0.343 e. The Labute approximate surface area is 92.3 Å². The van der Waals surface area contributed by atoms with Crippen molar-refractivity contribution in [3.05, 3.63) is 34.6 Å². The van der Waals surface area contributed by atoms with Crippen LogP contribution in [0.2, 0.25) is 0 Å². The highest BCUT2D eigenvalue weighted by Crippen LogP contribution is 2.15. The van der Waals surface area contributed by atoms with Crippen molar-refractivity contribution < 1.29 is 4.52 Å². The van der Waals surface area contributed by atoms with Gasteiger partial charge in [-0.1, -0.05) is 5.16 Å². The molecule has 0 aliphatic heterocycles. The molecule has 0 saturated carbocycles. The van der Waals surface area contributed by atoms with Crippen molar-refractivity contribution in [3.63, 3.8) is 0 Å². The summed E-state index contributed by atoms with van der Waals surface area (Å²) in [5.41, 5.74) is 1.33. The van der Waals surface area contributed by atoms with Gasteiger partial charge in [-0.3, -0.25) is 0 Å². The minimum absolute atomic E-state index is 0.378. The van der Waals surface area contributed by atoms with Crippen LogP contribution in [-0.4, -0.2) is 16.7 Å². The summed E-state index contributed by atoms with van der Waals surface area (Å²) >= 11 is 1.72. The van der Waals surface area contributed by atoms with E-state index in [1.165, 1.54) is 12.0 Å². The van der Waals surface area contributed by atoms with Crippen LogP contribution in [-0.2, 0) is 6.42 Å². The van der Waals surface area contributed by atoms with Crippen molar-refractivity contribution in [1.29, 1.82) is 0 Å². The summed E-state index contributed by atoms with van der Waals surface area (Å²) in [5.74, 6) is 0.750. The van der Waals surface area contributed by atoms with Crippen LogP contribution in [0.25, 0.3) is 0 Å². The van der Waals surface area contributed by atoms with Crippen LogP contribution >= 0.6 is 11.3 Å². The zero-order valence-electron chi connectivity index (χ0n) is 8.51. The molecule has 0 aromatic carbocycles. The maximum absolute atomic E-state index is 4.66. The van der Waals surface area contributed by atoms with Gasteiger partial charge in [0, 0.05) is 19.0 Å². The number of hydrogen-bond donors (Lipinski definition) is 1. The van der Waals surface area contributed by atoms with Crippen molar-refractivity contribution in [2.75, 3.05) is 6.54 Å². The Bertz CT molecular complexity index is 371. The molecule has 1 N–H and O–H groups in total. The predicted molar refractivity (Wildman–Crippen MR) is 58.7 cm³/mol. The molecule has 2 aromatic rings. The lowest BCUT2D eigenvalue weighted by atomic mass is 10.2. The normalized spacial score (nSPS) is 12.9. The van der Waals surface area contributed by atoms with Crippen molar-refractivity contribution >= 4 is 11.3 Å². The Kier molecular flexibility index (Phi) is 3.47. The molecule has 0 aliphatic rings. The summed E-state index contributed by atoms with van der Waals surface area (Å²) in [7, 11) is 0. The van der Waals surface area contributed by atoms with Gasteiger partial charge in [0.1, 0.15) is 0 Å². The molecule has 4 nitrogen and oxygen atoms in total. The van der Waals surface area contributed by atoms with Crippen LogP contribution in [0, 0.1) is 0 Å². The molecule has 0 amide bonds. The molecule has 2 aromatic heterocycles. The summed E-state index contributed by atoms with van der Waals surface area (Å²) in [6, 6.07) is 2.51. The Hall–Kier alpha value is -1.20. The fourth-order valence-electron chi connectivity index (χ4n) is 1.34. The van der Waals surface area contributed by atoms with Crippen LogP contribution in [0.1, 0.15) is 24.4 Å². The third-order valence-electron chi connectivity index (χ3n) is 2.25. The highest BCUT2D eigenvalue weighted by Gasteiger charge is 2.05. The van der Waals surface area contributed by atoms with Crippen molar-refractivity contribution in [2.45, 2.75) is 19.4 Å². The molecule has 0 fully saturated rings. The monoisotopic (exact) mass is 223 g/mol. The van der Waals surface area contributed by atoms with Gasteiger partial charge in [-0.05, 0) is 29.3 Å². The highest BCUT2D eigenvalue weighted by molar-refractivity contribution is 7.07. The first-order valence-corrected chi connectivity index (χ1v) is 5.81. The Morgan fingerprint density at radius 3 is 3.20 bits per heavy atom. The molecule has 2 rings (SSSR count). The van der Waals surface area contributed by atoms with Gasteiger partial charge in [0.2, 0.25) is 6.39 Å². The molecule has 0 aliphatic carbocycles. The van der Waals surface area contributed by atoms with E-state index < -0.39 is 0 Å². The third-order valence-corrected chi connectivity index (χ3v) is 2.95. The number of nitrogens with one attached hydrogen (secondary N) is 1. The topological polar surface area (TPSA) is 51.0 Å². The second kappa shape index (κ2) is 5.04. The van der Waals surface area contributed by atoms with Crippen molar-refractivity contribution in [3.8, 4) is 0 Å². The van der Waals surface area contributed by atoms with Gasteiger partial charge < -0.3 is 9.84 Å². The third kappa shape index (κ3) is 2.87. The van der Waals surface area contributed by atoms with E-state index in [4.69, 9.17) is 0 Å². The fourth-order valence-corrected chi connectivity index (χ4v) is 2.10. The quantitative estimate of drug-likeness (QED) is 0.842. The first-order chi connectivity index (χ1) is 7.36. The smallest absolute Gasteiger partial charge is 0.213 e. The Morgan fingerprint density at radius 1 is 1.60 bits per heavy atom. The number of nitrogens with zero attached hydrogens (tertiary/aromatic N) is 2. The standard InChI is InChI=1S/C10H13N3OS/c1-8(9-3-5-15-6-9)11-4-2-10-12-7-14-13-10/h3,5-8,11H,2,4H2,1H3. The summed E-state index contributed by atoms with van der Waals surface area (Å²) in [6.07, 6.45) is 2.16. The maximum Gasteiger partial charge on any atom is 0.213 e. The molecule has 0 radical (unpaired) electrons. The van der Waals surface area contributed by atoms with Crippen LogP contribution in [0.4, 0.5) is 0 Å². The first kappa shape index (κ1) is 10.3. The second-order valence-electron chi connectivity index (χ2n) is 3.33. The van der Waals surface area contributed by atoms with E-state index in [-0.39, 0.29) is 0 Å². The zero-order chi connectivity index (χ0) is 10.5. The molecule has 0 bridgehead atoms. The number of rotatable bonds is 5. The molecule has 15 heavy (non-hydrogen) atoms. The lowest BCUT2D eigenvalue weighted by molar-refractivity contribution is 0.408. The lowest BCUT2D eigenvalue weighted by Crippen LogP contribution is -2.21. The number of aromatic nitrogens is 2. The molecule has 80 valence electrons. The SMILES string of the molecule is CC(NCCc1ncon1)c1ccsc1. The first-order valence-electron chi connectivity index (χ1n) is 4.87. The molecular formula is C10H13N3OS. The largest absolute Gasteiger partial charge is 0.343 e. The molecule has 5 heteroatoms. The maximum atomic E-state index is 4.66. The van der Waals surface area contributed by atoms with E-state index in [9.17, 15) is 0 Å². The summed E-state index contributed by atoms with van der Waals surface area (Å²) < 4.78 is 4.66. The van der Waals surface area contributed by atoms with E-state index >= 15 is 0 Å². The van der Waals surface area contributed by atoms with Crippen molar-refractivity contribution in [1.82, 2.24) is 15.5 Å². The van der Waals surface area contributed by atoms with Gasteiger partial charge >= 0.3 is 0 Å². The van der Waals surface area contributed by atoms with Gasteiger partial charge in [-0.15, -0.1) is 0 Å². The minimum atomic E-state index is 0.378. The van der Waals surface area contributed by atoms with E-state index in [1.807, 2.05) is 0 Å². The van der Waals surface area contributed by atoms with Crippen molar-refractivity contribution in [2.24, 2.45) is 0 Å². The average molecular weight is 223 g/mol. The predicted octanol–water partition coefficient (Wildman–Crippen LogP) is 2.02. The van der Waals surface area contributed by atoms with Crippen LogP contribution in [0.5, 0.6) is 0 Å². The van der Waals surface area contributed by atoms with E-state index in [2.05, 4.69) is 43.7 Å². The van der Waals surface area contributed by atoms with Crippen LogP contribution in [0.15, 0.2) is 27.7 Å². The average Bonchev–Trinajstić information content (AvgIpc) is 2.90. The summed E-state index contributed by atoms with van der Waals surface area (Å²) in [5, 5.41) is 11.4. The number of thiophene rings is 1. The van der Waals surface area contributed by atoms with Gasteiger partial charge in [-0.2, -0.15) is 16.3 Å². The molecule has 2 heterocycles. The van der Waals surface area contributed by atoms with Crippen LogP contribution in [0.3, 0.4) is 0 Å². The van der Waals surface area contributed by atoms with Gasteiger partial charge in [0.05, 0.1) is 0 Å². The fraction of sp³-hybridized carbons (Fsp3) is 0.400. The molecule has 0 spiro atoms. The Balaban J connectivity index is 1.74. The molecule has 1 unspecified atom stereocenters. The second-order valence-corrected chi connectivity index (χ2v) is 4.11. The van der Waals surface area contributed by atoms with Gasteiger partial charge in [-0.25, -0.2) is 0 Å².